The molecule has 0 amide bonds. The summed E-state index contributed by atoms with van der Waals surface area (Å²) in [6, 6.07) is 6.97. The quantitative estimate of drug-likeness (QED) is 0.340. The van der Waals surface area contributed by atoms with E-state index >= 15 is 0 Å². The molecular formula is C11H12FNOS. The van der Waals surface area contributed by atoms with Crippen molar-refractivity contribution < 1.29 is 9.18 Å². The Morgan fingerprint density at radius 2 is 2.33 bits per heavy atom. The van der Waals surface area contributed by atoms with Crippen LogP contribution in [0.2, 0.25) is 0 Å². The van der Waals surface area contributed by atoms with Crippen molar-refractivity contribution in [3.05, 3.63) is 29.8 Å². The average Bonchev–Trinajstić information content (AvgIpc) is 2.19. The van der Waals surface area contributed by atoms with Gasteiger partial charge >= 0.3 is 0 Å². The molecule has 80 valence electrons. The highest BCUT2D eigenvalue weighted by molar-refractivity contribution is 7.99. The molecule has 0 bridgehead atoms. The van der Waals surface area contributed by atoms with Crippen molar-refractivity contribution in [2.24, 2.45) is 4.99 Å². The summed E-state index contributed by atoms with van der Waals surface area (Å²) >= 11 is 1.62. The lowest BCUT2D eigenvalue weighted by Gasteiger charge is -2.14. The SMILES string of the molecule is CCSc1cccc(C(C)(F)N=C=O)c1. The number of isocyanates is 1. The third kappa shape index (κ3) is 3.18. The summed E-state index contributed by atoms with van der Waals surface area (Å²) in [5.41, 5.74) is 0.379. The molecule has 1 unspecified atom stereocenters. The van der Waals surface area contributed by atoms with Crippen molar-refractivity contribution in [1.82, 2.24) is 0 Å². The van der Waals surface area contributed by atoms with Crippen molar-refractivity contribution in [2.75, 3.05) is 5.75 Å². The summed E-state index contributed by atoms with van der Waals surface area (Å²) < 4.78 is 13.8. The van der Waals surface area contributed by atoms with Crippen LogP contribution in [-0.2, 0) is 10.6 Å². The fourth-order valence-corrected chi connectivity index (χ4v) is 1.91. The van der Waals surface area contributed by atoms with E-state index in [2.05, 4.69) is 4.99 Å². The van der Waals surface area contributed by atoms with Gasteiger partial charge in [-0.25, -0.2) is 9.18 Å². The van der Waals surface area contributed by atoms with Crippen molar-refractivity contribution >= 4 is 17.8 Å². The van der Waals surface area contributed by atoms with Crippen molar-refractivity contribution in [1.29, 1.82) is 0 Å². The topological polar surface area (TPSA) is 29.4 Å². The highest BCUT2D eigenvalue weighted by Gasteiger charge is 2.24. The van der Waals surface area contributed by atoms with Crippen molar-refractivity contribution in [3.8, 4) is 0 Å². The molecule has 0 radical (unpaired) electrons. The molecule has 1 rings (SSSR count). The molecule has 2 nitrogen and oxygen atoms in total. The third-order valence-electron chi connectivity index (χ3n) is 1.93. The Bertz CT molecular complexity index is 386. The summed E-state index contributed by atoms with van der Waals surface area (Å²) in [4.78, 5) is 14.2. The van der Waals surface area contributed by atoms with E-state index in [0.717, 1.165) is 10.6 Å². The van der Waals surface area contributed by atoms with Crippen LogP contribution in [0.5, 0.6) is 0 Å². The number of alkyl halides is 1. The highest BCUT2D eigenvalue weighted by Crippen LogP contribution is 2.29. The normalized spacial score (nSPS) is 14.1. The van der Waals surface area contributed by atoms with Gasteiger partial charge in [0.25, 0.3) is 0 Å². The predicted molar refractivity (Wildman–Crippen MR) is 59.4 cm³/mol. The number of carbonyl (C=O) groups excluding carboxylic acids is 1. The number of thioether (sulfide) groups is 1. The maximum atomic E-state index is 13.8. The summed E-state index contributed by atoms with van der Waals surface area (Å²) in [6.45, 7) is 3.27. The Hall–Kier alpha value is -1.12. The molecule has 0 heterocycles. The van der Waals surface area contributed by atoms with E-state index in [4.69, 9.17) is 0 Å². The smallest absolute Gasteiger partial charge is 0.212 e. The van der Waals surface area contributed by atoms with Gasteiger partial charge in [-0.3, -0.25) is 0 Å². The highest BCUT2D eigenvalue weighted by atomic mass is 32.2. The molecule has 15 heavy (non-hydrogen) atoms. The minimum absolute atomic E-state index is 0.379. The number of rotatable bonds is 4. The minimum Gasteiger partial charge on any atom is -0.212 e. The zero-order valence-electron chi connectivity index (χ0n) is 8.66. The first-order valence-corrected chi connectivity index (χ1v) is 5.60. The van der Waals surface area contributed by atoms with Crippen LogP contribution in [0.3, 0.4) is 0 Å². The Balaban J connectivity index is 3.04. The van der Waals surface area contributed by atoms with E-state index < -0.39 is 5.79 Å². The molecule has 1 aromatic carbocycles. The monoisotopic (exact) mass is 225 g/mol. The number of halogens is 1. The molecule has 0 spiro atoms. The molecule has 4 heteroatoms. The number of nitrogens with zero attached hydrogens (tertiary/aromatic N) is 1. The number of hydrogen-bond donors (Lipinski definition) is 0. The second kappa shape index (κ2) is 5.10. The Morgan fingerprint density at radius 3 is 2.93 bits per heavy atom. The average molecular weight is 225 g/mol. The van der Waals surface area contributed by atoms with Crippen molar-refractivity contribution in [2.45, 2.75) is 24.5 Å². The second-order valence-electron chi connectivity index (χ2n) is 3.12. The van der Waals surface area contributed by atoms with Gasteiger partial charge in [0.1, 0.15) is 0 Å². The maximum absolute atomic E-state index is 13.8. The van der Waals surface area contributed by atoms with Crippen LogP contribution in [0.4, 0.5) is 4.39 Å². The first kappa shape index (κ1) is 12.0. The van der Waals surface area contributed by atoms with Gasteiger partial charge < -0.3 is 0 Å². The van der Waals surface area contributed by atoms with Gasteiger partial charge in [0, 0.05) is 10.5 Å². The van der Waals surface area contributed by atoms with Crippen LogP contribution in [0, 0.1) is 0 Å². The summed E-state index contributed by atoms with van der Waals surface area (Å²) in [6.07, 6.45) is 1.25. The van der Waals surface area contributed by atoms with Gasteiger partial charge in [-0.15, -0.1) is 11.8 Å². The Labute approximate surface area is 92.6 Å². The Morgan fingerprint density at radius 1 is 1.60 bits per heavy atom. The van der Waals surface area contributed by atoms with E-state index in [1.165, 1.54) is 13.0 Å². The fourth-order valence-electron chi connectivity index (χ4n) is 1.19. The molecule has 0 fully saturated rings. The summed E-state index contributed by atoms with van der Waals surface area (Å²) in [7, 11) is 0. The molecule has 0 aromatic heterocycles. The van der Waals surface area contributed by atoms with Gasteiger partial charge in [0.15, 0.2) is 0 Å². The first-order valence-electron chi connectivity index (χ1n) is 4.61. The van der Waals surface area contributed by atoms with Crippen LogP contribution in [0.1, 0.15) is 19.4 Å². The Kier molecular flexibility index (Phi) is 4.06. The second-order valence-corrected chi connectivity index (χ2v) is 4.45. The van der Waals surface area contributed by atoms with Gasteiger partial charge in [0.2, 0.25) is 11.9 Å². The lowest BCUT2D eigenvalue weighted by molar-refractivity contribution is 0.205. The summed E-state index contributed by atoms with van der Waals surface area (Å²) in [5.74, 6) is -1.06. The molecular weight excluding hydrogens is 213 g/mol. The standard InChI is InChI=1S/C11H12FNOS/c1-3-15-10-6-4-5-9(7-10)11(2,12)13-8-14/h4-7H,3H2,1-2H3. The van der Waals surface area contributed by atoms with Crippen LogP contribution >= 0.6 is 11.8 Å². The molecule has 0 saturated carbocycles. The number of aliphatic imine (C=N–C) groups is 1. The lowest BCUT2D eigenvalue weighted by Crippen LogP contribution is -2.11. The van der Waals surface area contributed by atoms with Crippen LogP contribution < -0.4 is 0 Å². The molecule has 0 N–H and O–H groups in total. The molecule has 0 saturated heterocycles. The third-order valence-corrected chi connectivity index (χ3v) is 2.80. The molecule has 1 aromatic rings. The van der Waals surface area contributed by atoms with Crippen LogP contribution in [0.25, 0.3) is 0 Å². The van der Waals surface area contributed by atoms with Crippen LogP contribution in [0.15, 0.2) is 34.2 Å². The molecule has 1 atom stereocenters. The van der Waals surface area contributed by atoms with E-state index in [1.807, 2.05) is 13.0 Å². The van der Waals surface area contributed by atoms with E-state index in [-0.39, 0.29) is 0 Å². The van der Waals surface area contributed by atoms with Gasteiger partial charge in [-0.1, -0.05) is 19.1 Å². The lowest BCUT2D eigenvalue weighted by atomic mass is 10.1. The van der Waals surface area contributed by atoms with E-state index in [9.17, 15) is 9.18 Å². The largest absolute Gasteiger partial charge is 0.238 e. The van der Waals surface area contributed by atoms with Gasteiger partial charge in [0.05, 0.1) is 0 Å². The maximum Gasteiger partial charge on any atom is 0.238 e. The minimum atomic E-state index is -1.98. The fraction of sp³-hybridized carbons (Fsp3) is 0.364. The van der Waals surface area contributed by atoms with Crippen LogP contribution in [-0.4, -0.2) is 11.8 Å². The van der Waals surface area contributed by atoms with E-state index in [1.54, 1.807) is 30.0 Å². The number of hydrogen-bond acceptors (Lipinski definition) is 3. The molecule has 0 aliphatic carbocycles. The first-order chi connectivity index (χ1) is 7.10. The van der Waals surface area contributed by atoms with Gasteiger partial charge in [-0.05, 0) is 24.8 Å². The zero-order valence-corrected chi connectivity index (χ0v) is 9.47. The zero-order chi connectivity index (χ0) is 11.3. The van der Waals surface area contributed by atoms with E-state index in [0.29, 0.717) is 5.56 Å². The van der Waals surface area contributed by atoms with Gasteiger partial charge in [-0.2, -0.15) is 4.99 Å². The number of benzene rings is 1. The molecule has 0 aliphatic heterocycles. The predicted octanol–water partition coefficient (Wildman–Crippen LogP) is 3.28. The summed E-state index contributed by atoms with van der Waals surface area (Å²) in [5, 5.41) is 0. The molecule has 0 aliphatic rings. The van der Waals surface area contributed by atoms with Crippen molar-refractivity contribution in [3.63, 3.8) is 0 Å².